The molecule has 0 spiro atoms. The van der Waals surface area contributed by atoms with Crippen molar-refractivity contribution in [3.05, 3.63) is 71.8 Å². The highest BCUT2D eigenvalue weighted by Crippen LogP contribution is 2.33. The van der Waals surface area contributed by atoms with E-state index < -0.39 is 5.54 Å². The zero-order valence-corrected chi connectivity index (χ0v) is 13.5. The van der Waals surface area contributed by atoms with Crippen LogP contribution in [0, 0.1) is 5.92 Å². The average molecular weight is 307 g/mol. The van der Waals surface area contributed by atoms with Crippen LogP contribution in [0.25, 0.3) is 0 Å². The first-order valence-corrected chi connectivity index (χ1v) is 8.00. The molecule has 1 atom stereocenters. The van der Waals surface area contributed by atoms with Crippen molar-refractivity contribution in [3.63, 3.8) is 0 Å². The van der Waals surface area contributed by atoms with Crippen molar-refractivity contribution < 1.29 is 9.53 Å². The third kappa shape index (κ3) is 3.34. The topological polar surface area (TPSA) is 38.7 Å². The minimum Gasteiger partial charge on any atom is -0.405 e. The van der Waals surface area contributed by atoms with Gasteiger partial charge in [0.15, 0.2) is 5.54 Å². The van der Waals surface area contributed by atoms with E-state index in [1.165, 1.54) is 0 Å². The number of esters is 1. The predicted octanol–water partition coefficient (Wildman–Crippen LogP) is 4.02. The molecule has 2 aromatic carbocycles. The minimum atomic E-state index is -0.819. The van der Waals surface area contributed by atoms with Crippen molar-refractivity contribution in [1.82, 2.24) is 0 Å². The van der Waals surface area contributed by atoms with Gasteiger partial charge in [0.2, 0.25) is 5.90 Å². The fourth-order valence-corrected chi connectivity index (χ4v) is 3.07. The van der Waals surface area contributed by atoms with Crippen LogP contribution in [0.15, 0.2) is 65.7 Å². The van der Waals surface area contributed by atoms with Crippen molar-refractivity contribution in [2.24, 2.45) is 10.9 Å². The van der Waals surface area contributed by atoms with Crippen LogP contribution in [-0.4, -0.2) is 17.4 Å². The van der Waals surface area contributed by atoms with Crippen molar-refractivity contribution in [3.8, 4) is 0 Å². The number of benzene rings is 2. The molecule has 0 amide bonds. The molecule has 23 heavy (non-hydrogen) atoms. The number of ether oxygens (including phenoxy) is 1. The van der Waals surface area contributed by atoms with E-state index >= 15 is 0 Å². The lowest BCUT2D eigenvalue weighted by atomic mass is 9.84. The van der Waals surface area contributed by atoms with Crippen LogP contribution in [0.2, 0.25) is 0 Å². The summed E-state index contributed by atoms with van der Waals surface area (Å²) in [6.07, 6.45) is 1.25. The Hall–Kier alpha value is -2.42. The summed E-state index contributed by atoms with van der Waals surface area (Å²) in [6.45, 7) is 4.21. The number of carbonyl (C=O) groups is 1. The van der Waals surface area contributed by atoms with Gasteiger partial charge in [0.1, 0.15) is 0 Å². The summed E-state index contributed by atoms with van der Waals surface area (Å²) in [5.74, 6) is 0.547. The molecule has 0 aliphatic carbocycles. The van der Waals surface area contributed by atoms with Crippen molar-refractivity contribution in [2.75, 3.05) is 0 Å². The van der Waals surface area contributed by atoms with Gasteiger partial charge in [-0.1, -0.05) is 62.4 Å². The molecule has 2 aromatic rings. The van der Waals surface area contributed by atoms with E-state index in [0.717, 1.165) is 11.1 Å². The molecule has 0 saturated carbocycles. The summed E-state index contributed by atoms with van der Waals surface area (Å²) in [4.78, 5) is 17.4. The van der Waals surface area contributed by atoms with Crippen LogP contribution in [-0.2, 0) is 16.0 Å². The third-order valence-electron chi connectivity index (χ3n) is 3.99. The van der Waals surface area contributed by atoms with Crippen LogP contribution in [0.1, 0.15) is 31.4 Å². The summed E-state index contributed by atoms with van der Waals surface area (Å²) >= 11 is 0. The first kappa shape index (κ1) is 15.5. The second kappa shape index (κ2) is 6.37. The van der Waals surface area contributed by atoms with Crippen LogP contribution >= 0.6 is 0 Å². The molecule has 1 heterocycles. The highest BCUT2D eigenvalue weighted by atomic mass is 16.6. The molecule has 1 aliphatic heterocycles. The lowest BCUT2D eigenvalue weighted by Gasteiger charge is -2.24. The molecule has 118 valence electrons. The van der Waals surface area contributed by atoms with E-state index in [0.29, 0.717) is 24.7 Å². The number of nitrogens with zero attached hydrogens (tertiary/aromatic N) is 1. The largest absolute Gasteiger partial charge is 0.405 e. The summed E-state index contributed by atoms with van der Waals surface area (Å²) < 4.78 is 5.55. The first-order chi connectivity index (χ1) is 11.1. The van der Waals surface area contributed by atoms with E-state index in [9.17, 15) is 4.79 Å². The maximum atomic E-state index is 12.7. The van der Waals surface area contributed by atoms with Gasteiger partial charge >= 0.3 is 5.97 Å². The van der Waals surface area contributed by atoms with Gasteiger partial charge in [0, 0.05) is 12.0 Å². The summed E-state index contributed by atoms with van der Waals surface area (Å²) in [5, 5.41) is 0. The molecule has 3 rings (SSSR count). The monoisotopic (exact) mass is 307 g/mol. The number of rotatable bonds is 5. The average Bonchev–Trinajstić information content (AvgIpc) is 2.85. The molecule has 0 bridgehead atoms. The SMILES string of the molecule is CC(C)C[C@@]1(Cc2ccccc2)N=C(c2ccccc2)OC1=O. The second-order valence-electron chi connectivity index (χ2n) is 6.46. The lowest BCUT2D eigenvalue weighted by Crippen LogP contribution is -2.37. The van der Waals surface area contributed by atoms with Gasteiger partial charge in [-0.15, -0.1) is 0 Å². The third-order valence-corrected chi connectivity index (χ3v) is 3.99. The Bertz CT molecular complexity index is 707. The molecule has 0 unspecified atom stereocenters. The Morgan fingerprint density at radius 2 is 1.61 bits per heavy atom. The fourth-order valence-electron chi connectivity index (χ4n) is 3.07. The van der Waals surface area contributed by atoms with Gasteiger partial charge in [0.05, 0.1) is 0 Å². The predicted molar refractivity (Wildman–Crippen MR) is 91.4 cm³/mol. The molecule has 0 fully saturated rings. The maximum absolute atomic E-state index is 12.7. The molecule has 0 saturated heterocycles. The zero-order chi connectivity index (χ0) is 16.3. The van der Waals surface area contributed by atoms with Gasteiger partial charge in [-0.2, -0.15) is 0 Å². The van der Waals surface area contributed by atoms with E-state index in [1.54, 1.807) is 0 Å². The first-order valence-electron chi connectivity index (χ1n) is 8.00. The Labute approximate surface area is 137 Å². The molecule has 3 heteroatoms. The summed E-state index contributed by atoms with van der Waals surface area (Å²) in [5.41, 5.74) is 1.13. The smallest absolute Gasteiger partial charge is 0.341 e. The molecule has 1 aliphatic rings. The van der Waals surface area contributed by atoms with E-state index in [-0.39, 0.29) is 5.97 Å². The minimum absolute atomic E-state index is 0.242. The van der Waals surface area contributed by atoms with Gasteiger partial charge in [-0.25, -0.2) is 9.79 Å². The molecule has 3 nitrogen and oxygen atoms in total. The number of cyclic esters (lactones) is 1. The Morgan fingerprint density at radius 3 is 2.22 bits per heavy atom. The lowest BCUT2D eigenvalue weighted by molar-refractivity contribution is -0.139. The van der Waals surface area contributed by atoms with Gasteiger partial charge < -0.3 is 4.74 Å². The highest BCUT2D eigenvalue weighted by Gasteiger charge is 2.46. The van der Waals surface area contributed by atoms with Crippen LogP contribution in [0.5, 0.6) is 0 Å². The Kier molecular flexibility index (Phi) is 4.28. The van der Waals surface area contributed by atoms with Crippen molar-refractivity contribution in [1.29, 1.82) is 0 Å². The van der Waals surface area contributed by atoms with E-state index in [4.69, 9.17) is 9.73 Å². The zero-order valence-electron chi connectivity index (χ0n) is 13.5. The van der Waals surface area contributed by atoms with Gasteiger partial charge in [0.25, 0.3) is 0 Å². The van der Waals surface area contributed by atoms with Crippen LogP contribution in [0.3, 0.4) is 0 Å². The Morgan fingerprint density at radius 1 is 1.00 bits per heavy atom. The normalized spacial score (nSPS) is 20.5. The van der Waals surface area contributed by atoms with Gasteiger partial charge in [-0.3, -0.25) is 0 Å². The fraction of sp³-hybridized carbons (Fsp3) is 0.300. The van der Waals surface area contributed by atoms with E-state index in [1.807, 2.05) is 60.7 Å². The van der Waals surface area contributed by atoms with E-state index in [2.05, 4.69) is 13.8 Å². The molecule has 0 N–H and O–H groups in total. The highest BCUT2D eigenvalue weighted by molar-refractivity contribution is 6.08. The Balaban J connectivity index is 1.98. The van der Waals surface area contributed by atoms with Crippen LogP contribution in [0.4, 0.5) is 0 Å². The molecule has 0 aromatic heterocycles. The van der Waals surface area contributed by atoms with Crippen molar-refractivity contribution >= 4 is 11.9 Å². The quantitative estimate of drug-likeness (QED) is 0.783. The van der Waals surface area contributed by atoms with Gasteiger partial charge in [-0.05, 0) is 30.0 Å². The number of aliphatic imine (C=N–C) groups is 1. The number of hydrogen-bond donors (Lipinski definition) is 0. The van der Waals surface area contributed by atoms with Crippen LogP contribution < -0.4 is 0 Å². The standard InChI is InChI=1S/C20H21NO2/c1-15(2)13-20(14-16-9-5-3-6-10-16)19(22)23-18(21-20)17-11-7-4-8-12-17/h3-12,15H,13-14H2,1-2H3/t20-/m0/s1. The number of hydrogen-bond acceptors (Lipinski definition) is 3. The maximum Gasteiger partial charge on any atom is 0.341 e. The summed E-state index contributed by atoms with van der Waals surface area (Å²) in [6, 6.07) is 19.6. The molecule has 0 radical (unpaired) electrons. The molecular weight excluding hydrogens is 286 g/mol. The second-order valence-corrected chi connectivity index (χ2v) is 6.46. The number of carbonyl (C=O) groups excluding carboxylic acids is 1. The summed E-state index contributed by atoms with van der Waals surface area (Å²) in [7, 11) is 0. The van der Waals surface area contributed by atoms with Crippen molar-refractivity contribution in [2.45, 2.75) is 32.2 Å². The molecular formula is C20H21NO2.